The monoisotopic (exact) mass is 421 g/mol. The number of H-pyrrole nitrogens is 1. The zero-order valence-electron chi connectivity index (χ0n) is 16.8. The topological polar surface area (TPSA) is 59.2 Å². The third kappa shape index (κ3) is 5.12. The summed E-state index contributed by atoms with van der Waals surface area (Å²) >= 11 is 5.93. The Morgan fingerprint density at radius 1 is 0.967 bits per heavy atom. The highest BCUT2D eigenvalue weighted by Crippen LogP contribution is 2.29. The third-order valence-corrected chi connectivity index (χ3v) is 5.09. The van der Waals surface area contributed by atoms with E-state index in [2.05, 4.69) is 15.3 Å². The molecular formula is C24H24ClN3O2. The van der Waals surface area contributed by atoms with E-state index >= 15 is 0 Å². The van der Waals surface area contributed by atoms with Gasteiger partial charge >= 0.3 is 0 Å². The van der Waals surface area contributed by atoms with Gasteiger partial charge in [0.25, 0.3) is 0 Å². The second-order valence-corrected chi connectivity index (χ2v) is 7.46. The molecule has 0 atom stereocenters. The number of rotatable bonds is 9. The van der Waals surface area contributed by atoms with Crippen LogP contribution < -0.4 is 14.8 Å². The molecule has 0 amide bonds. The molecule has 0 aliphatic carbocycles. The zero-order chi connectivity index (χ0) is 20.8. The molecule has 4 rings (SSSR count). The van der Waals surface area contributed by atoms with Gasteiger partial charge in [0.05, 0.1) is 18.1 Å². The maximum Gasteiger partial charge on any atom is 0.161 e. The maximum atomic E-state index is 5.93. The number of aromatic amines is 1. The number of para-hydroxylation sites is 2. The average Bonchev–Trinajstić information content (AvgIpc) is 3.19. The van der Waals surface area contributed by atoms with Gasteiger partial charge < -0.3 is 19.8 Å². The van der Waals surface area contributed by atoms with Crippen molar-refractivity contribution in [2.24, 2.45) is 0 Å². The van der Waals surface area contributed by atoms with Gasteiger partial charge in [0.15, 0.2) is 11.5 Å². The van der Waals surface area contributed by atoms with Crippen LogP contribution in [0.2, 0.25) is 5.02 Å². The van der Waals surface area contributed by atoms with E-state index in [1.54, 1.807) is 7.11 Å². The minimum absolute atomic E-state index is 0.461. The molecule has 0 fully saturated rings. The first-order valence-corrected chi connectivity index (χ1v) is 10.3. The molecule has 2 N–H and O–H groups in total. The molecule has 1 aromatic heterocycles. The van der Waals surface area contributed by atoms with E-state index in [9.17, 15) is 0 Å². The van der Waals surface area contributed by atoms with E-state index in [1.807, 2.05) is 66.7 Å². The van der Waals surface area contributed by atoms with Crippen molar-refractivity contribution < 1.29 is 9.47 Å². The first-order chi connectivity index (χ1) is 14.7. The van der Waals surface area contributed by atoms with Crippen LogP contribution in [0.1, 0.15) is 17.0 Å². The second kappa shape index (κ2) is 9.65. The largest absolute Gasteiger partial charge is 0.493 e. The molecule has 5 nitrogen and oxygen atoms in total. The molecule has 0 unspecified atom stereocenters. The molecule has 0 bridgehead atoms. The molecule has 0 saturated carbocycles. The maximum absolute atomic E-state index is 5.93. The summed E-state index contributed by atoms with van der Waals surface area (Å²) in [6, 6.07) is 21.7. The van der Waals surface area contributed by atoms with Crippen molar-refractivity contribution in [2.75, 3.05) is 13.7 Å². The van der Waals surface area contributed by atoms with Crippen LogP contribution >= 0.6 is 11.6 Å². The molecule has 1 heterocycles. The van der Waals surface area contributed by atoms with E-state index in [0.29, 0.717) is 11.6 Å². The number of benzene rings is 3. The van der Waals surface area contributed by atoms with E-state index in [4.69, 9.17) is 21.1 Å². The number of fused-ring (bicyclic) bond motifs is 1. The fourth-order valence-electron chi connectivity index (χ4n) is 3.25. The van der Waals surface area contributed by atoms with Crippen molar-refractivity contribution in [2.45, 2.75) is 19.6 Å². The summed E-state index contributed by atoms with van der Waals surface area (Å²) in [5.74, 6) is 2.44. The van der Waals surface area contributed by atoms with Crippen molar-refractivity contribution in [1.29, 1.82) is 0 Å². The summed E-state index contributed by atoms with van der Waals surface area (Å²) in [5, 5.41) is 4.18. The summed E-state index contributed by atoms with van der Waals surface area (Å²) < 4.78 is 11.4. The summed E-state index contributed by atoms with van der Waals surface area (Å²) in [4.78, 5) is 7.96. The smallest absolute Gasteiger partial charge is 0.161 e. The Kier molecular flexibility index (Phi) is 6.52. The van der Waals surface area contributed by atoms with E-state index < -0.39 is 0 Å². The highest BCUT2D eigenvalue weighted by atomic mass is 35.5. The standard InChI is InChI=1S/C24H24ClN3O2/c1-29-23-14-18(8-11-22(23)30-16-17-6-9-19(25)10-7-17)15-26-13-12-24-27-20-4-2-3-5-21(20)28-24/h2-11,14,26H,12-13,15-16H2,1H3,(H,27,28). The fourth-order valence-corrected chi connectivity index (χ4v) is 3.37. The lowest BCUT2D eigenvalue weighted by atomic mass is 10.2. The van der Waals surface area contributed by atoms with Crippen LogP contribution in [-0.4, -0.2) is 23.6 Å². The SMILES string of the molecule is COc1cc(CNCCc2nc3ccccc3[nH]2)ccc1OCc1ccc(Cl)cc1. The summed E-state index contributed by atoms with van der Waals surface area (Å²) in [7, 11) is 1.66. The second-order valence-electron chi connectivity index (χ2n) is 7.03. The fraction of sp³-hybridized carbons (Fsp3) is 0.208. The summed E-state index contributed by atoms with van der Waals surface area (Å²) in [5.41, 5.74) is 4.27. The van der Waals surface area contributed by atoms with Crippen LogP contribution in [0, 0.1) is 0 Å². The average molecular weight is 422 g/mol. The number of ether oxygens (including phenoxy) is 2. The molecule has 6 heteroatoms. The number of hydrogen-bond acceptors (Lipinski definition) is 4. The Morgan fingerprint density at radius 3 is 2.57 bits per heavy atom. The van der Waals surface area contributed by atoms with Crippen molar-refractivity contribution in [1.82, 2.24) is 15.3 Å². The van der Waals surface area contributed by atoms with Gasteiger partial charge in [0, 0.05) is 24.5 Å². The zero-order valence-corrected chi connectivity index (χ0v) is 17.6. The quantitative estimate of drug-likeness (QED) is 0.367. The number of halogens is 1. The van der Waals surface area contributed by atoms with Gasteiger partial charge in [0.1, 0.15) is 12.4 Å². The molecule has 0 spiro atoms. The Balaban J connectivity index is 1.29. The highest BCUT2D eigenvalue weighted by molar-refractivity contribution is 6.30. The predicted octanol–water partition coefficient (Wildman–Crippen LogP) is 5.14. The van der Waals surface area contributed by atoms with Gasteiger partial charge in [-0.15, -0.1) is 0 Å². The van der Waals surface area contributed by atoms with Gasteiger partial charge in [0.2, 0.25) is 0 Å². The molecule has 0 aliphatic rings. The number of nitrogens with one attached hydrogen (secondary N) is 2. The van der Waals surface area contributed by atoms with Crippen LogP contribution in [0.3, 0.4) is 0 Å². The van der Waals surface area contributed by atoms with Crippen molar-refractivity contribution in [3.05, 3.63) is 88.7 Å². The summed E-state index contributed by atoms with van der Waals surface area (Å²) in [6.45, 7) is 2.04. The van der Waals surface area contributed by atoms with Crippen LogP contribution in [0.5, 0.6) is 11.5 Å². The first-order valence-electron chi connectivity index (χ1n) is 9.90. The number of aromatic nitrogens is 2. The third-order valence-electron chi connectivity index (χ3n) is 4.84. The Bertz CT molecular complexity index is 1080. The van der Waals surface area contributed by atoms with Crippen LogP contribution in [0.25, 0.3) is 11.0 Å². The Morgan fingerprint density at radius 2 is 1.77 bits per heavy atom. The number of hydrogen-bond donors (Lipinski definition) is 2. The van der Waals surface area contributed by atoms with E-state index in [-0.39, 0.29) is 0 Å². The van der Waals surface area contributed by atoms with Crippen molar-refractivity contribution in [3.8, 4) is 11.5 Å². The molecule has 3 aromatic carbocycles. The van der Waals surface area contributed by atoms with Gasteiger partial charge in [-0.2, -0.15) is 0 Å². The predicted molar refractivity (Wildman–Crippen MR) is 120 cm³/mol. The number of imidazole rings is 1. The molecular weight excluding hydrogens is 398 g/mol. The van der Waals surface area contributed by atoms with Gasteiger partial charge in [-0.25, -0.2) is 4.98 Å². The van der Waals surface area contributed by atoms with Gasteiger partial charge in [-0.3, -0.25) is 0 Å². The lowest BCUT2D eigenvalue weighted by Crippen LogP contribution is -2.17. The van der Waals surface area contributed by atoms with E-state index in [1.165, 1.54) is 0 Å². The number of nitrogens with zero attached hydrogens (tertiary/aromatic N) is 1. The molecule has 0 radical (unpaired) electrons. The van der Waals surface area contributed by atoms with Gasteiger partial charge in [-0.1, -0.05) is 41.9 Å². The van der Waals surface area contributed by atoms with E-state index in [0.717, 1.165) is 59.0 Å². The molecule has 4 aromatic rings. The minimum atomic E-state index is 0.461. The highest BCUT2D eigenvalue weighted by Gasteiger charge is 2.07. The van der Waals surface area contributed by atoms with Gasteiger partial charge in [-0.05, 0) is 47.5 Å². The molecule has 30 heavy (non-hydrogen) atoms. The molecule has 154 valence electrons. The summed E-state index contributed by atoms with van der Waals surface area (Å²) in [6.07, 6.45) is 0.841. The molecule has 0 saturated heterocycles. The van der Waals surface area contributed by atoms with Crippen LogP contribution in [0.4, 0.5) is 0 Å². The lowest BCUT2D eigenvalue weighted by molar-refractivity contribution is 0.284. The van der Waals surface area contributed by atoms with Crippen molar-refractivity contribution in [3.63, 3.8) is 0 Å². The Labute approximate surface area is 181 Å². The Hall–Kier alpha value is -3.02. The van der Waals surface area contributed by atoms with Crippen LogP contribution in [-0.2, 0) is 19.6 Å². The van der Waals surface area contributed by atoms with Crippen molar-refractivity contribution >= 4 is 22.6 Å². The lowest BCUT2D eigenvalue weighted by Gasteiger charge is -2.13. The first kappa shape index (κ1) is 20.3. The normalized spacial score (nSPS) is 11.0. The van der Waals surface area contributed by atoms with Crippen LogP contribution in [0.15, 0.2) is 66.7 Å². The molecule has 0 aliphatic heterocycles. The number of methoxy groups -OCH3 is 1. The minimum Gasteiger partial charge on any atom is -0.493 e.